The quantitative estimate of drug-likeness (QED) is 0.774. The summed E-state index contributed by atoms with van der Waals surface area (Å²) in [4.78, 5) is 2.11. The summed E-state index contributed by atoms with van der Waals surface area (Å²) in [6.45, 7) is 3.43. The third-order valence-corrected chi connectivity index (χ3v) is 6.11. The molecule has 106 valence electrons. The van der Waals surface area contributed by atoms with E-state index in [0.717, 1.165) is 25.9 Å². The van der Waals surface area contributed by atoms with Crippen LogP contribution in [0, 0.1) is 5.92 Å². The highest BCUT2D eigenvalue weighted by Crippen LogP contribution is 2.27. The number of hydrogen-bond acceptors (Lipinski definition) is 4. The second kappa shape index (κ2) is 6.32. The maximum Gasteiger partial charge on any atom is 0.214 e. The number of piperazine rings is 1. The Hall–Kier alpha value is -0.170. The minimum Gasteiger partial charge on any atom is -0.395 e. The second-order valence-electron chi connectivity index (χ2n) is 5.39. The topological polar surface area (TPSA) is 60.9 Å². The number of sulfonamides is 1. The first-order valence-corrected chi connectivity index (χ1v) is 8.54. The summed E-state index contributed by atoms with van der Waals surface area (Å²) in [6.07, 6.45) is 4.52. The molecule has 2 aliphatic rings. The molecule has 18 heavy (non-hydrogen) atoms. The molecular weight excluding hydrogens is 252 g/mol. The first-order chi connectivity index (χ1) is 8.62. The predicted molar refractivity (Wildman–Crippen MR) is 70.8 cm³/mol. The van der Waals surface area contributed by atoms with Crippen molar-refractivity contribution in [1.29, 1.82) is 0 Å². The third-order valence-electron chi connectivity index (χ3n) is 4.06. The number of hydrogen-bond donors (Lipinski definition) is 1. The zero-order valence-electron chi connectivity index (χ0n) is 10.9. The average Bonchev–Trinajstić information content (AvgIpc) is 2.82. The number of rotatable bonds is 5. The van der Waals surface area contributed by atoms with E-state index in [-0.39, 0.29) is 6.61 Å². The normalized spacial score (nSPS) is 24.7. The monoisotopic (exact) mass is 276 g/mol. The van der Waals surface area contributed by atoms with Crippen LogP contribution in [0.1, 0.15) is 25.7 Å². The van der Waals surface area contributed by atoms with Gasteiger partial charge in [-0.25, -0.2) is 8.42 Å². The van der Waals surface area contributed by atoms with Gasteiger partial charge in [0.05, 0.1) is 12.4 Å². The summed E-state index contributed by atoms with van der Waals surface area (Å²) in [5, 5.41) is 8.86. The molecule has 0 aromatic carbocycles. The molecule has 0 amide bonds. The van der Waals surface area contributed by atoms with Gasteiger partial charge >= 0.3 is 0 Å². The lowest BCUT2D eigenvalue weighted by Gasteiger charge is -2.34. The first-order valence-electron chi connectivity index (χ1n) is 6.93. The van der Waals surface area contributed by atoms with Gasteiger partial charge < -0.3 is 5.11 Å². The summed E-state index contributed by atoms with van der Waals surface area (Å²) in [5.74, 6) is 0.720. The van der Waals surface area contributed by atoms with E-state index in [4.69, 9.17) is 5.11 Å². The van der Waals surface area contributed by atoms with Crippen LogP contribution in [0.2, 0.25) is 0 Å². The smallest absolute Gasteiger partial charge is 0.214 e. The number of nitrogens with zero attached hydrogens (tertiary/aromatic N) is 2. The Morgan fingerprint density at radius 3 is 2.22 bits per heavy atom. The summed E-state index contributed by atoms with van der Waals surface area (Å²) in [6, 6.07) is 0. The number of aliphatic hydroxyl groups is 1. The fourth-order valence-corrected chi connectivity index (χ4v) is 4.81. The van der Waals surface area contributed by atoms with E-state index in [1.807, 2.05) is 0 Å². The van der Waals surface area contributed by atoms with Gasteiger partial charge in [0, 0.05) is 32.7 Å². The van der Waals surface area contributed by atoms with E-state index in [9.17, 15) is 8.42 Å². The Morgan fingerprint density at radius 1 is 1.06 bits per heavy atom. The molecule has 0 aromatic rings. The molecule has 5 nitrogen and oxygen atoms in total. The Kier molecular flexibility index (Phi) is 5.00. The van der Waals surface area contributed by atoms with Crippen molar-refractivity contribution in [3.63, 3.8) is 0 Å². The van der Waals surface area contributed by atoms with Crippen LogP contribution < -0.4 is 0 Å². The van der Waals surface area contributed by atoms with Crippen molar-refractivity contribution in [2.45, 2.75) is 25.7 Å². The third kappa shape index (κ3) is 3.66. The summed E-state index contributed by atoms with van der Waals surface area (Å²) < 4.78 is 26.2. The lowest BCUT2D eigenvalue weighted by molar-refractivity contribution is 0.151. The Bertz CT molecular complexity index is 344. The molecule has 2 fully saturated rings. The zero-order chi connectivity index (χ0) is 13.0. The molecule has 1 aliphatic heterocycles. The number of β-amino-alcohol motifs (C(OH)–C–C–N with tert-alkyl or cyclic N) is 1. The van der Waals surface area contributed by atoms with Crippen molar-refractivity contribution in [1.82, 2.24) is 9.21 Å². The van der Waals surface area contributed by atoms with Crippen molar-refractivity contribution >= 4 is 10.0 Å². The van der Waals surface area contributed by atoms with Gasteiger partial charge in [0.25, 0.3) is 0 Å². The largest absolute Gasteiger partial charge is 0.395 e. The van der Waals surface area contributed by atoms with Crippen LogP contribution in [-0.4, -0.2) is 67.8 Å². The van der Waals surface area contributed by atoms with E-state index in [1.54, 1.807) is 4.31 Å². The molecule has 0 radical (unpaired) electrons. The molecule has 0 bridgehead atoms. The van der Waals surface area contributed by atoms with E-state index >= 15 is 0 Å². The molecule has 1 saturated heterocycles. The average molecular weight is 276 g/mol. The fraction of sp³-hybridized carbons (Fsp3) is 1.00. The molecule has 6 heteroatoms. The van der Waals surface area contributed by atoms with Crippen molar-refractivity contribution in [2.24, 2.45) is 5.92 Å². The lowest BCUT2D eigenvalue weighted by atomic mass is 10.1. The van der Waals surface area contributed by atoms with Crippen molar-refractivity contribution in [3.8, 4) is 0 Å². The molecule has 0 spiro atoms. The van der Waals surface area contributed by atoms with Crippen LogP contribution in [0.25, 0.3) is 0 Å². The maximum atomic E-state index is 12.3. The van der Waals surface area contributed by atoms with Gasteiger partial charge in [-0.15, -0.1) is 0 Å². The molecule has 0 atom stereocenters. The van der Waals surface area contributed by atoms with Gasteiger partial charge in [-0.3, -0.25) is 4.90 Å². The molecule has 1 saturated carbocycles. The van der Waals surface area contributed by atoms with Gasteiger partial charge in [0.2, 0.25) is 10.0 Å². The van der Waals surface area contributed by atoms with E-state index < -0.39 is 10.0 Å². The Morgan fingerprint density at radius 2 is 1.67 bits per heavy atom. The van der Waals surface area contributed by atoms with Crippen LogP contribution in [0.15, 0.2) is 0 Å². The maximum absolute atomic E-state index is 12.3. The lowest BCUT2D eigenvalue weighted by Crippen LogP contribution is -2.50. The number of aliphatic hydroxyl groups excluding tert-OH is 1. The van der Waals surface area contributed by atoms with Crippen molar-refractivity contribution in [3.05, 3.63) is 0 Å². The molecule has 0 unspecified atom stereocenters. The summed E-state index contributed by atoms with van der Waals surface area (Å²) in [7, 11) is -3.06. The molecule has 1 N–H and O–H groups in total. The highest BCUT2D eigenvalue weighted by molar-refractivity contribution is 7.89. The first kappa shape index (κ1) is 14.2. The molecular formula is C12H24N2O3S. The summed E-state index contributed by atoms with van der Waals surface area (Å²) in [5.41, 5.74) is 0. The minimum absolute atomic E-state index is 0.148. The minimum atomic E-state index is -3.06. The molecule has 0 aromatic heterocycles. The second-order valence-corrected chi connectivity index (χ2v) is 7.41. The van der Waals surface area contributed by atoms with Crippen molar-refractivity contribution in [2.75, 3.05) is 45.1 Å². The molecule has 2 rings (SSSR count). The van der Waals surface area contributed by atoms with Crippen molar-refractivity contribution < 1.29 is 13.5 Å². The van der Waals surface area contributed by atoms with Gasteiger partial charge in [-0.1, -0.05) is 12.8 Å². The van der Waals surface area contributed by atoms with Gasteiger partial charge in [-0.2, -0.15) is 4.31 Å². The van der Waals surface area contributed by atoms with E-state index in [1.165, 1.54) is 12.8 Å². The zero-order valence-corrected chi connectivity index (χ0v) is 11.7. The molecule has 1 aliphatic carbocycles. The standard InChI is InChI=1S/C12H24N2O3S/c15-10-9-13-5-7-14(8-6-13)18(16,17)11-12-3-1-2-4-12/h12,15H,1-11H2. The van der Waals surface area contributed by atoms with Crippen LogP contribution in [0.5, 0.6) is 0 Å². The molecule has 1 heterocycles. The van der Waals surface area contributed by atoms with Crippen LogP contribution in [-0.2, 0) is 10.0 Å². The SMILES string of the molecule is O=S(=O)(CC1CCCC1)N1CCN(CCO)CC1. The highest BCUT2D eigenvalue weighted by atomic mass is 32.2. The fourth-order valence-electron chi connectivity index (χ4n) is 2.95. The Labute approximate surface area is 110 Å². The van der Waals surface area contributed by atoms with Gasteiger partial charge in [-0.05, 0) is 18.8 Å². The van der Waals surface area contributed by atoms with Crippen LogP contribution in [0.4, 0.5) is 0 Å². The predicted octanol–water partition coefficient (Wildman–Crippen LogP) is 0.116. The van der Waals surface area contributed by atoms with Crippen LogP contribution >= 0.6 is 0 Å². The van der Waals surface area contributed by atoms with Gasteiger partial charge in [0.1, 0.15) is 0 Å². The van der Waals surface area contributed by atoms with E-state index in [2.05, 4.69) is 4.90 Å². The van der Waals surface area contributed by atoms with Gasteiger partial charge in [0.15, 0.2) is 0 Å². The summed E-state index contributed by atoms with van der Waals surface area (Å²) >= 11 is 0. The van der Waals surface area contributed by atoms with Crippen LogP contribution in [0.3, 0.4) is 0 Å². The van der Waals surface area contributed by atoms with E-state index in [0.29, 0.717) is 31.3 Å². The Balaban J connectivity index is 1.83. The highest BCUT2D eigenvalue weighted by Gasteiger charge is 2.30.